The number of hydrogen-bond donors (Lipinski definition) is 0. The maximum absolute atomic E-state index is 12.6. The second-order valence-corrected chi connectivity index (χ2v) is 7.31. The van der Waals surface area contributed by atoms with Gasteiger partial charge in [0.1, 0.15) is 11.5 Å². The molecule has 2 heterocycles. The predicted octanol–water partition coefficient (Wildman–Crippen LogP) is 3.04. The van der Waals surface area contributed by atoms with Crippen LogP contribution < -0.4 is 14.4 Å². The van der Waals surface area contributed by atoms with Gasteiger partial charge in [-0.2, -0.15) is 4.98 Å². The van der Waals surface area contributed by atoms with E-state index < -0.39 is 0 Å². The highest BCUT2D eigenvalue weighted by Crippen LogP contribution is 2.22. The van der Waals surface area contributed by atoms with Crippen LogP contribution in [0.5, 0.6) is 11.5 Å². The Labute approximate surface area is 181 Å². The van der Waals surface area contributed by atoms with Crippen LogP contribution in [0.4, 0.5) is 5.69 Å². The zero-order valence-electron chi connectivity index (χ0n) is 17.8. The van der Waals surface area contributed by atoms with Crippen LogP contribution in [0.1, 0.15) is 12.3 Å². The summed E-state index contributed by atoms with van der Waals surface area (Å²) in [6.45, 7) is 3.00. The number of anilines is 1. The van der Waals surface area contributed by atoms with Gasteiger partial charge in [-0.1, -0.05) is 17.3 Å². The zero-order chi connectivity index (χ0) is 21.6. The Morgan fingerprint density at radius 3 is 2.45 bits per heavy atom. The first-order valence-electron chi connectivity index (χ1n) is 10.3. The predicted molar refractivity (Wildman–Crippen MR) is 116 cm³/mol. The summed E-state index contributed by atoms with van der Waals surface area (Å²) in [5.74, 6) is 2.63. The van der Waals surface area contributed by atoms with E-state index in [2.05, 4.69) is 15.0 Å². The highest BCUT2D eigenvalue weighted by Gasteiger charge is 2.22. The molecule has 8 nitrogen and oxygen atoms in total. The molecule has 31 heavy (non-hydrogen) atoms. The number of carbonyl (C=O) groups is 1. The molecule has 1 aliphatic rings. The fourth-order valence-electron chi connectivity index (χ4n) is 3.61. The van der Waals surface area contributed by atoms with Gasteiger partial charge in [0.05, 0.1) is 14.2 Å². The van der Waals surface area contributed by atoms with Gasteiger partial charge in [0, 0.05) is 50.3 Å². The molecule has 0 spiro atoms. The van der Waals surface area contributed by atoms with E-state index in [4.69, 9.17) is 14.0 Å². The molecule has 2 aromatic carbocycles. The quantitative estimate of drug-likeness (QED) is 0.579. The molecule has 0 saturated carbocycles. The van der Waals surface area contributed by atoms with Gasteiger partial charge in [0.25, 0.3) is 0 Å². The Morgan fingerprint density at radius 1 is 1.00 bits per heavy atom. The lowest BCUT2D eigenvalue weighted by atomic mass is 10.2. The fourth-order valence-corrected chi connectivity index (χ4v) is 3.61. The molecule has 3 aromatic rings. The van der Waals surface area contributed by atoms with E-state index in [1.807, 2.05) is 53.4 Å². The summed E-state index contributed by atoms with van der Waals surface area (Å²) in [5.41, 5.74) is 1.96. The molecule has 1 saturated heterocycles. The molecule has 1 aromatic heterocycles. The third-order valence-electron chi connectivity index (χ3n) is 5.42. The molecule has 0 atom stereocenters. The molecule has 0 unspecified atom stereocenters. The van der Waals surface area contributed by atoms with Crippen molar-refractivity contribution in [2.75, 3.05) is 45.3 Å². The van der Waals surface area contributed by atoms with E-state index in [1.165, 1.54) is 0 Å². The van der Waals surface area contributed by atoms with E-state index >= 15 is 0 Å². The number of aromatic nitrogens is 2. The Hall–Kier alpha value is -3.55. The maximum atomic E-state index is 12.6. The van der Waals surface area contributed by atoms with E-state index in [0.29, 0.717) is 37.6 Å². The maximum Gasteiger partial charge on any atom is 0.227 e. The summed E-state index contributed by atoms with van der Waals surface area (Å²) in [7, 11) is 3.27. The highest BCUT2D eigenvalue weighted by molar-refractivity contribution is 5.76. The molecular formula is C23H26N4O4. The minimum Gasteiger partial charge on any atom is -0.497 e. The van der Waals surface area contributed by atoms with Crippen molar-refractivity contribution in [3.05, 3.63) is 54.4 Å². The standard InChI is InChI=1S/C23H26N4O4/c1-29-19-8-6-18(7-9-19)26-12-14-27(15-13-26)22(28)11-10-21-24-23(25-31-21)17-4-3-5-20(16-17)30-2/h3-9,16H,10-15H2,1-2H3. The van der Waals surface area contributed by atoms with Crippen molar-refractivity contribution in [2.45, 2.75) is 12.8 Å². The van der Waals surface area contributed by atoms with Crippen molar-refractivity contribution < 1.29 is 18.8 Å². The van der Waals surface area contributed by atoms with Gasteiger partial charge < -0.3 is 23.8 Å². The van der Waals surface area contributed by atoms with Crippen LogP contribution in [0.15, 0.2) is 53.1 Å². The van der Waals surface area contributed by atoms with E-state index in [9.17, 15) is 4.79 Å². The lowest BCUT2D eigenvalue weighted by Crippen LogP contribution is -2.48. The average molecular weight is 422 g/mol. The van der Waals surface area contributed by atoms with Crippen LogP contribution in [0.2, 0.25) is 0 Å². The minimum absolute atomic E-state index is 0.107. The number of carbonyl (C=O) groups excluding carboxylic acids is 1. The van der Waals surface area contributed by atoms with E-state index in [0.717, 1.165) is 35.8 Å². The number of nitrogens with zero attached hydrogens (tertiary/aromatic N) is 4. The number of amides is 1. The highest BCUT2D eigenvalue weighted by atomic mass is 16.5. The third-order valence-corrected chi connectivity index (χ3v) is 5.42. The van der Waals surface area contributed by atoms with Crippen molar-refractivity contribution in [3.63, 3.8) is 0 Å². The third kappa shape index (κ3) is 4.96. The minimum atomic E-state index is 0.107. The van der Waals surface area contributed by atoms with Crippen LogP contribution in [0, 0.1) is 0 Å². The molecule has 8 heteroatoms. The Balaban J connectivity index is 1.27. The molecule has 0 aliphatic carbocycles. The van der Waals surface area contributed by atoms with Gasteiger partial charge in [0.15, 0.2) is 0 Å². The fraction of sp³-hybridized carbons (Fsp3) is 0.348. The monoisotopic (exact) mass is 422 g/mol. The summed E-state index contributed by atoms with van der Waals surface area (Å²) in [5, 5.41) is 4.03. The summed E-state index contributed by atoms with van der Waals surface area (Å²) >= 11 is 0. The topological polar surface area (TPSA) is 80.9 Å². The van der Waals surface area contributed by atoms with E-state index in [1.54, 1.807) is 14.2 Å². The number of methoxy groups -OCH3 is 2. The smallest absolute Gasteiger partial charge is 0.227 e. The van der Waals surface area contributed by atoms with Crippen LogP contribution in [0.3, 0.4) is 0 Å². The first-order chi connectivity index (χ1) is 15.2. The van der Waals surface area contributed by atoms with Crippen molar-refractivity contribution in [3.8, 4) is 22.9 Å². The molecule has 0 N–H and O–H groups in total. The number of aryl methyl sites for hydroxylation is 1. The van der Waals surface area contributed by atoms with Crippen molar-refractivity contribution >= 4 is 11.6 Å². The van der Waals surface area contributed by atoms with E-state index in [-0.39, 0.29) is 5.91 Å². The molecule has 4 rings (SSSR count). The second-order valence-electron chi connectivity index (χ2n) is 7.31. The number of rotatable bonds is 7. The Bertz CT molecular complexity index is 1010. The number of hydrogen-bond acceptors (Lipinski definition) is 7. The molecule has 1 aliphatic heterocycles. The molecule has 162 valence electrons. The first kappa shape index (κ1) is 20.7. The molecular weight excluding hydrogens is 396 g/mol. The summed E-state index contributed by atoms with van der Waals surface area (Å²) in [4.78, 5) is 21.2. The summed E-state index contributed by atoms with van der Waals surface area (Å²) < 4.78 is 15.8. The average Bonchev–Trinajstić information content (AvgIpc) is 3.32. The van der Waals surface area contributed by atoms with Gasteiger partial charge in [-0.15, -0.1) is 0 Å². The molecule has 0 radical (unpaired) electrons. The van der Waals surface area contributed by atoms with Gasteiger partial charge in [-0.3, -0.25) is 4.79 Å². The van der Waals surface area contributed by atoms with Crippen molar-refractivity contribution in [1.29, 1.82) is 0 Å². The largest absolute Gasteiger partial charge is 0.497 e. The number of ether oxygens (including phenoxy) is 2. The Kier molecular flexibility index (Phi) is 6.35. The van der Waals surface area contributed by atoms with Crippen molar-refractivity contribution in [1.82, 2.24) is 15.0 Å². The van der Waals surface area contributed by atoms with Gasteiger partial charge in [0.2, 0.25) is 17.6 Å². The van der Waals surface area contributed by atoms with Crippen LogP contribution in [-0.4, -0.2) is 61.3 Å². The zero-order valence-corrected chi connectivity index (χ0v) is 17.8. The van der Waals surface area contributed by atoms with Crippen molar-refractivity contribution in [2.24, 2.45) is 0 Å². The van der Waals surface area contributed by atoms with Crippen LogP contribution in [0.25, 0.3) is 11.4 Å². The molecule has 1 amide bonds. The van der Waals surface area contributed by atoms with Gasteiger partial charge in [-0.05, 0) is 36.4 Å². The Morgan fingerprint density at radius 2 is 1.74 bits per heavy atom. The number of piperazine rings is 1. The normalized spacial score (nSPS) is 13.9. The number of benzene rings is 2. The first-order valence-corrected chi connectivity index (χ1v) is 10.3. The second kappa shape index (κ2) is 9.51. The summed E-state index contributed by atoms with van der Waals surface area (Å²) in [6.07, 6.45) is 0.775. The van der Waals surface area contributed by atoms with Gasteiger partial charge >= 0.3 is 0 Å². The lowest BCUT2D eigenvalue weighted by Gasteiger charge is -2.36. The molecule has 0 bridgehead atoms. The molecule has 1 fully saturated rings. The van der Waals surface area contributed by atoms with Gasteiger partial charge in [-0.25, -0.2) is 0 Å². The SMILES string of the molecule is COc1ccc(N2CCN(C(=O)CCc3nc(-c4cccc(OC)c4)no3)CC2)cc1. The van der Waals surface area contributed by atoms with Crippen LogP contribution >= 0.6 is 0 Å². The summed E-state index contributed by atoms with van der Waals surface area (Å²) in [6, 6.07) is 15.5. The lowest BCUT2D eigenvalue weighted by molar-refractivity contribution is -0.131. The van der Waals surface area contributed by atoms with Crippen LogP contribution in [-0.2, 0) is 11.2 Å².